The van der Waals surface area contributed by atoms with E-state index in [0.717, 1.165) is 25.1 Å². The molecule has 2 aromatic rings. The normalized spacial score (nSPS) is 12.1. The lowest BCUT2D eigenvalue weighted by Gasteiger charge is -2.17. The van der Waals surface area contributed by atoms with Crippen LogP contribution >= 0.6 is 0 Å². The average molecular weight is 287 g/mol. The van der Waals surface area contributed by atoms with Gasteiger partial charge in [0.1, 0.15) is 11.6 Å². The summed E-state index contributed by atoms with van der Waals surface area (Å²) in [6, 6.07) is 14.9. The largest absolute Gasteiger partial charge is 0.497 e. The number of nitrogens with one attached hydrogen (secondary N) is 1. The zero-order valence-corrected chi connectivity index (χ0v) is 12.6. The first kappa shape index (κ1) is 15.5. The van der Waals surface area contributed by atoms with Crippen LogP contribution in [0, 0.1) is 11.7 Å². The average Bonchev–Trinajstić information content (AvgIpc) is 2.50. The van der Waals surface area contributed by atoms with Crippen LogP contribution in [0.2, 0.25) is 0 Å². The molecule has 1 N–H and O–H groups in total. The van der Waals surface area contributed by atoms with Crippen molar-refractivity contribution in [2.24, 2.45) is 5.92 Å². The Balaban J connectivity index is 2.05. The predicted molar refractivity (Wildman–Crippen MR) is 84.2 cm³/mol. The topological polar surface area (TPSA) is 21.3 Å². The van der Waals surface area contributed by atoms with Crippen LogP contribution in [0.4, 0.5) is 4.39 Å². The Kier molecular flexibility index (Phi) is 5.76. The Hall–Kier alpha value is -1.87. The van der Waals surface area contributed by atoms with Crippen LogP contribution < -0.4 is 10.1 Å². The Labute approximate surface area is 126 Å². The molecule has 0 amide bonds. The lowest BCUT2D eigenvalue weighted by atomic mass is 9.92. The second kappa shape index (κ2) is 7.79. The Morgan fingerprint density at radius 1 is 1.05 bits per heavy atom. The molecule has 0 aliphatic heterocycles. The van der Waals surface area contributed by atoms with Crippen molar-refractivity contribution in [3.8, 4) is 5.75 Å². The van der Waals surface area contributed by atoms with Crippen molar-refractivity contribution in [1.29, 1.82) is 0 Å². The lowest BCUT2D eigenvalue weighted by Crippen LogP contribution is -2.22. The highest BCUT2D eigenvalue weighted by Gasteiger charge is 2.11. The highest BCUT2D eigenvalue weighted by molar-refractivity contribution is 5.29. The number of halogens is 1. The summed E-state index contributed by atoms with van der Waals surface area (Å²) in [7, 11) is 3.64. The molecular formula is C18H22FNO. The van der Waals surface area contributed by atoms with Gasteiger partial charge in [0.05, 0.1) is 7.11 Å². The van der Waals surface area contributed by atoms with Crippen molar-refractivity contribution >= 4 is 0 Å². The van der Waals surface area contributed by atoms with Gasteiger partial charge in [-0.1, -0.05) is 24.3 Å². The van der Waals surface area contributed by atoms with Gasteiger partial charge in [0, 0.05) is 0 Å². The summed E-state index contributed by atoms with van der Waals surface area (Å²) in [5.41, 5.74) is 2.43. The van der Waals surface area contributed by atoms with Gasteiger partial charge in [-0.3, -0.25) is 0 Å². The number of ether oxygens (including phenoxy) is 1. The van der Waals surface area contributed by atoms with Crippen molar-refractivity contribution in [3.63, 3.8) is 0 Å². The maximum atomic E-state index is 13.0. The molecule has 112 valence electrons. The first-order valence-electron chi connectivity index (χ1n) is 7.23. The van der Waals surface area contributed by atoms with Gasteiger partial charge < -0.3 is 10.1 Å². The molecule has 0 saturated carbocycles. The fourth-order valence-corrected chi connectivity index (χ4v) is 2.59. The fourth-order valence-electron chi connectivity index (χ4n) is 2.59. The van der Waals surface area contributed by atoms with E-state index in [-0.39, 0.29) is 5.82 Å². The summed E-state index contributed by atoms with van der Waals surface area (Å²) in [6.45, 7) is 0.925. The smallest absolute Gasteiger partial charge is 0.123 e. The van der Waals surface area contributed by atoms with Gasteiger partial charge in [-0.15, -0.1) is 0 Å². The minimum Gasteiger partial charge on any atom is -0.497 e. The number of rotatable bonds is 7. The molecule has 2 rings (SSSR count). The Bertz CT molecular complexity index is 553. The SMILES string of the molecule is CNCC(Cc1ccc(F)cc1)Cc1cccc(OC)c1. The molecule has 0 bridgehead atoms. The number of benzene rings is 2. The summed E-state index contributed by atoms with van der Waals surface area (Å²) >= 11 is 0. The summed E-state index contributed by atoms with van der Waals surface area (Å²) in [4.78, 5) is 0. The van der Waals surface area contributed by atoms with Crippen molar-refractivity contribution in [3.05, 3.63) is 65.5 Å². The molecule has 0 saturated heterocycles. The van der Waals surface area contributed by atoms with Gasteiger partial charge in [0.2, 0.25) is 0 Å². The van der Waals surface area contributed by atoms with Crippen molar-refractivity contribution in [1.82, 2.24) is 5.32 Å². The molecule has 0 spiro atoms. The highest BCUT2D eigenvalue weighted by atomic mass is 19.1. The third-order valence-corrected chi connectivity index (χ3v) is 3.59. The zero-order chi connectivity index (χ0) is 15.1. The maximum Gasteiger partial charge on any atom is 0.123 e. The van der Waals surface area contributed by atoms with E-state index in [9.17, 15) is 4.39 Å². The molecule has 0 aliphatic rings. The molecule has 2 nitrogen and oxygen atoms in total. The lowest BCUT2D eigenvalue weighted by molar-refractivity contribution is 0.413. The molecule has 3 heteroatoms. The first-order chi connectivity index (χ1) is 10.2. The predicted octanol–water partition coefficient (Wildman–Crippen LogP) is 3.46. The van der Waals surface area contributed by atoms with Gasteiger partial charge >= 0.3 is 0 Å². The molecule has 0 fully saturated rings. The summed E-state index contributed by atoms with van der Waals surface area (Å²) in [6.07, 6.45) is 1.90. The maximum absolute atomic E-state index is 13.0. The first-order valence-corrected chi connectivity index (χ1v) is 7.23. The summed E-state index contributed by atoms with van der Waals surface area (Å²) < 4.78 is 18.2. The monoisotopic (exact) mass is 287 g/mol. The van der Waals surface area contributed by atoms with Crippen LogP contribution in [0.5, 0.6) is 5.75 Å². The molecule has 21 heavy (non-hydrogen) atoms. The molecule has 0 aromatic heterocycles. The van der Waals surface area contributed by atoms with Crippen molar-refractivity contribution < 1.29 is 9.13 Å². The van der Waals surface area contributed by atoms with Gasteiger partial charge in [0.25, 0.3) is 0 Å². The molecule has 2 aromatic carbocycles. The standard InChI is InChI=1S/C18H22FNO/c1-20-13-16(10-14-6-8-17(19)9-7-14)11-15-4-3-5-18(12-15)21-2/h3-9,12,16,20H,10-11,13H2,1-2H3. The number of methoxy groups -OCH3 is 1. The molecule has 0 heterocycles. The third kappa shape index (κ3) is 4.87. The minimum absolute atomic E-state index is 0.184. The van der Waals surface area contributed by atoms with Gasteiger partial charge in [-0.05, 0) is 67.7 Å². The van der Waals surface area contributed by atoms with Crippen LogP contribution in [0.3, 0.4) is 0 Å². The molecule has 0 aliphatic carbocycles. The Morgan fingerprint density at radius 3 is 2.43 bits per heavy atom. The molecule has 0 radical (unpaired) electrons. The fraction of sp³-hybridized carbons (Fsp3) is 0.333. The van der Waals surface area contributed by atoms with Crippen molar-refractivity contribution in [2.75, 3.05) is 20.7 Å². The third-order valence-electron chi connectivity index (χ3n) is 3.59. The molecule has 1 unspecified atom stereocenters. The van der Waals surface area contributed by atoms with Crippen LogP contribution in [0.25, 0.3) is 0 Å². The number of hydrogen-bond donors (Lipinski definition) is 1. The van der Waals surface area contributed by atoms with Gasteiger partial charge in [-0.2, -0.15) is 0 Å². The molecular weight excluding hydrogens is 265 g/mol. The van der Waals surface area contributed by atoms with Crippen LogP contribution in [0.15, 0.2) is 48.5 Å². The summed E-state index contributed by atoms with van der Waals surface area (Å²) in [5, 5.41) is 3.24. The van der Waals surface area contributed by atoms with E-state index >= 15 is 0 Å². The van der Waals surface area contributed by atoms with Crippen LogP contribution in [0.1, 0.15) is 11.1 Å². The van der Waals surface area contributed by atoms with E-state index in [1.807, 2.05) is 31.3 Å². The summed E-state index contributed by atoms with van der Waals surface area (Å²) in [5.74, 6) is 1.17. The van der Waals surface area contributed by atoms with E-state index in [1.165, 1.54) is 23.3 Å². The van der Waals surface area contributed by atoms with Gasteiger partial charge in [0.15, 0.2) is 0 Å². The highest BCUT2D eigenvalue weighted by Crippen LogP contribution is 2.18. The molecule has 1 atom stereocenters. The van der Waals surface area contributed by atoms with Crippen molar-refractivity contribution in [2.45, 2.75) is 12.8 Å². The van der Waals surface area contributed by atoms with Gasteiger partial charge in [-0.25, -0.2) is 4.39 Å². The minimum atomic E-state index is -0.184. The van der Waals surface area contributed by atoms with E-state index in [1.54, 1.807) is 7.11 Å². The van der Waals surface area contributed by atoms with E-state index in [4.69, 9.17) is 4.74 Å². The number of hydrogen-bond acceptors (Lipinski definition) is 2. The Morgan fingerprint density at radius 2 is 1.76 bits per heavy atom. The van der Waals surface area contributed by atoms with E-state index in [2.05, 4.69) is 17.4 Å². The van der Waals surface area contributed by atoms with E-state index in [0.29, 0.717) is 5.92 Å². The van der Waals surface area contributed by atoms with E-state index < -0.39 is 0 Å². The second-order valence-electron chi connectivity index (χ2n) is 5.31. The van der Waals surface area contributed by atoms with Crippen LogP contribution in [-0.4, -0.2) is 20.7 Å². The quantitative estimate of drug-likeness (QED) is 0.842. The zero-order valence-electron chi connectivity index (χ0n) is 12.6. The second-order valence-corrected chi connectivity index (χ2v) is 5.31. The van der Waals surface area contributed by atoms with Crippen LogP contribution in [-0.2, 0) is 12.8 Å².